The van der Waals surface area contributed by atoms with E-state index in [9.17, 15) is 14.7 Å². The molecule has 134 valence electrons. The fourth-order valence-electron chi connectivity index (χ4n) is 3.32. The smallest absolute Gasteiger partial charge is 0.335 e. The number of hydrogen-bond donors (Lipinski definition) is 2. The number of ketones is 1. The molecule has 0 aliphatic rings. The predicted molar refractivity (Wildman–Crippen MR) is 103 cm³/mol. The first-order chi connectivity index (χ1) is 12.5. The maximum absolute atomic E-state index is 12.7. The van der Waals surface area contributed by atoms with E-state index in [0.29, 0.717) is 24.1 Å². The third kappa shape index (κ3) is 3.54. The number of carbonyl (C=O) groups excluding carboxylic acids is 1. The molecule has 4 heteroatoms. The number of carbonyl (C=O) groups is 2. The Labute approximate surface area is 152 Å². The van der Waals surface area contributed by atoms with Gasteiger partial charge in [0.1, 0.15) is 0 Å². The van der Waals surface area contributed by atoms with Gasteiger partial charge in [-0.15, -0.1) is 0 Å². The van der Waals surface area contributed by atoms with Gasteiger partial charge in [0.25, 0.3) is 0 Å². The van der Waals surface area contributed by atoms with Gasteiger partial charge in [-0.1, -0.05) is 43.7 Å². The second-order valence-corrected chi connectivity index (χ2v) is 6.69. The molecule has 3 rings (SSSR count). The van der Waals surface area contributed by atoms with E-state index in [4.69, 9.17) is 0 Å². The van der Waals surface area contributed by atoms with Crippen LogP contribution in [0, 0.1) is 6.92 Å². The summed E-state index contributed by atoms with van der Waals surface area (Å²) in [6.45, 7) is 3.84. The molecule has 0 unspecified atom stereocenters. The van der Waals surface area contributed by atoms with Crippen molar-refractivity contribution >= 4 is 22.7 Å². The van der Waals surface area contributed by atoms with Crippen LogP contribution in [0.2, 0.25) is 0 Å². The molecule has 0 saturated carbocycles. The lowest BCUT2D eigenvalue weighted by atomic mass is 9.97. The van der Waals surface area contributed by atoms with E-state index in [2.05, 4.69) is 11.9 Å². The molecule has 3 aromatic rings. The van der Waals surface area contributed by atoms with Gasteiger partial charge in [-0.25, -0.2) is 4.79 Å². The quantitative estimate of drug-likeness (QED) is 0.580. The van der Waals surface area contributed by atoms with Gasteiger partial charge in [0.15, 0.2) is 5.78 Å². The first kappa shape index (κ1) is 17.9. The summed E-state index contributed by atoms with van der Waals surface area (Å²) in [6.07, 6.45) is 2.90. The van der Waals surface area contributed by atoms with Crippen LogP contribution >= 0.6 is 0 Å². The number of aromatic carboxylic acids is 1. The van der Waals surface area contributed by atoms with Gasteiger partial charge < -0.3 is 10.1 Å². The molecule has 0 spiro atoms. The molecule has 4 nitrogen and oxygen atoms in total. The Kier molecular flexibility index (Phi) is 5.21. The van der Waals surface area contributed by atoms with Crippen molar-refractivity contribution in [3.63, 3.8) is 0 Å². The molecule has 0 atom stereocenters. The molecule has 2 N–H and O–H groups in total. The number of benzene rings is 2. The van der Waals surface area contributed by atoms with Crippen molar-refractivity contribution in [2.75, 3.05) is 0 Å². The van der Waals surface area contributed by atoms with E-state index in [1.54, 1.807) is 13.0 Å². The first-order valence-electron chi connectivity index (χ1n) is 8.97. The number of carboxylic acid groups (broad SMARTS) is 1. The van der Waals surface area contributed by atoms with Crippen molar-refractivity contribution in [2.24, 2.45) is 0 Å². The minimum absolute atomic E-state index is 0.0866. The molecule has 26 heavy (non-hydrogen) atoms. The van der Waals surface area contributed by atoms with Crippen LogP contribution in [0.3, 0.4) is 0 Å². The second-order valence-electron chi connectivity index (χ2n) is 6.69. The number of aromatic nitrogens is 1. The Bertz CT molecular complexity index is 954. The number of hydrogen-bond acceptors (Lipinski definition) is 2. The van der Waals surface area contributed by atoms with Gasteiger partial charge in [-0.3, -0.25) is 4.79 Å². The Morgan fingerprint density at radius 1 is 1.12 bits per heavy atom. The third-order valence-corrected chi connectivity index (χ3v) is 4.74. The number of carboxylic acids is 1. The second kappa shape index (κ2) is 7.56. The zero-order valence-electron chi connectivity index (χ0n) is 15.1. The largest absolute Gasteiger partial charge is 0.478 e. The van der Waals surface area contributed by atoms with E-state index < -0.39 is 5.97 Å². The lowest BCUT2D eigenvalue weighted by molar-refractivity contribution is 0.0696. The van der Waals surface area contributed by atoms with Gasteiger partial charge in [0.2, 0.25) is 0 Å². The summed E-state index contributed by atoms with van der Waals surface area (Å²) in [5.41, 5.74) is 4.37. The van der Waals surface area contributed by atoms with Gasteiger partial charge in [-0.2, -0.15) is 0 Å². The molecule has 2 aromatic carbocycles. The summed E-state index contributed by atoms with van der Waals surface area (Å²) < 4.78 is 0. The van der Waals surface area contributed by atoms with Crippen molar-refractivity contribution < 1.29 is 14.7 Å². The number of Topliss-reactive ketones (excluding diaryl/α,β-unsaturated/α-hetero) is 1. The molecule has 1 heterocycles. The van der Waals surface area contributed by atoms with Crippen molar-refractivity contribution in [3.8, 4) is 0 Å². The molecule has 1 aromatic heterocycles. The Morgan fingerprint density at radius 2 is 1.85 bits per heavy atom. The van der Waals surface area contributed by atoms with Crippen LogP contribution in [0.4, 0.5) is 0 Å². The zero-order valence-corrected chi connectivity index (χ0v) is 15.1. The average molecular weight is 349 g/mol. The molecular weight excluding hydrogens is 326 g/mol. The van der Waals surface area contributed by atoms with Crippen LogP contribution in [0.1, 0.15) is 63.7 Å². The number of H-pyrrole nitrogens is 1. The fraction of sp³-hybridized carbons (Fsp3) is 0.273. The predicted octanol–water partition coefficient (Wildman–Crippen LogP) is 5.14. The fourth-order valence-corrected chi connectivity index (χ4v) is 3.32. The van der Waals surface area contributed by atoms with E-state index in [1.165, 1.54) is 0 Å². The van der Waals surface area contributed by atoms with Crippen LogP contribution in [-0.2, 0) is 6.42 Å². The van der Waals surface area contributed by atoms with E-state index in [0.717, 1.165) is 34.9 Å². The lowest BCUT2D eigenvalue weighted by Gasteiger charge is -2.06. The maximum Gasteiger partial charge on any atom is 0.335 e. The minimum atomic E-state index is -0.949. The zero-order chi connectivity index (χ0) is 18.7. The van der Waals surface area contributed by atoms with Gasteiger partial charge >= 0.3 is 5.97 Å². The number of fused-ring (bicyclic) bond motifs is 1. The highest BCUT2D eigenvalue weighted by Crippen LogP contribution is 2.29. The Balaban J connectivity index is 2.16. The Hall–Kier alpha value is -2.88. The summed E-state index contributed by atoms with van der Waals surface area (Å²) in [6, 6.07) is 13.4. The number of aromatic amines is 1. The highest BCUT2D eigenvalue weighted by molar-refractivity contribution is 6.04. The molecular formula is C22H23NO3. The Morgan fingerprint density at radius 3 is 2.50 bits per heavy atom. The number of nitrogens with one attached hydrogen (secondary N) is 1. The van der Waals surface area contributed by atoms with Gasteiger partial charge in [0, 0.05) is 23.7 Å². The van der Waals surface area contributed by atoms with E-state index in [1.807, 2.05) is 36.4 Å². The molecule has 0 radical (unpaired) electrons. The molecule has 0 saturated heterocycles. The van der Waals surface area contributed by atoms with Crippen LogP contribution in [-0.4, -0.2) is 21.8 Å². The van der Waals surface area contributed by atoms with Crippen LogP contribution in [0.25, 0.3) is 10.9 Å². The van der Waals surface area contributed by atoms with Gasteiger partial charge in [0.05, 0.1) is 11.3 Å². The van der Waals surface area contributed by atoms with Crippen LogP contribution < -0.4 is 0 Å². The summed E-state index contributed by atoms with van der Waals surface area (Å²) in [5, 5.41) is 10.3. The van der Waals surface area contributed by atoms with E-state index >= 15 is 0 Å². The minimum Gasteiger partial charge on any atom is -0.478 e. The van der Waals surface area contributed by atoms with Crippen LogP contribution in [0.5, 0.6) is 0 Å². The first-order valence-corrected chi connectivity index (χ1v) is 8.97. The van der Waals surface area contributed by atoms with Gasteiger partial charge in [-0.05, 0) is 42.2 Å². The molecule has 0 fully saturated rings. The van der Waals surface area contributed by atoms with E-state index in [-0.39, 0.29) is 11.3 Å². The average Bonchev–Trinajstić information content (AvgIpc) is 2.97. The number of aryl methyl sites for hydroxylation is 1. The molecule has 0 aliphatic carbocycles. The number of rotatable bonds is 7. The molecule has 0 aliphatic heterocycles. The monoisotopic (exact) mass is 349 g/mol. The highest BCUT2D eigenvalue weighted by atomic mass is 16.4. The number of unbranched alkanes of at least 4 members (excludes halogenated alkanes) is 1. The van der Waals surface area contributed by atoms with Crippen molar-refractivity contribution in [1.29, 1.82) is 0 Å². The summed E-state index contributed by atoms with van der Waals surface area (Å²) in [5.74, 6) is -0.862. The highest BCUT2D eigenvalue weighted by Gasteiger charge is 2.20. The standard InChI is InChI=1S/C22H23NO3/c1-3-4-10-20(24)21-18(12-15-8-6-5-7-9-15)17-13-16(22(25)26)14(2)11-19(17)23-21/h5-9,11,13,23H,3-4,10,12H2,1-2H3,(H,25,26). The third-order valence-electron chi connectivity index (χ3n) is 4.74. The maximum atomic E-state index is 12.7. The van der Waals surface area contributed by atoms with Crippen molar-refractivity contribution in [2.45, 2.75) is 39.5 Å². The summed E-state index contributed by atoms with van der Waals surface area (Å²) in [7, 11) is 0. The lowest BCUT2D eigenvalue weighted by Crippen LogP contribution is -2.04. The molecule has 0 bridgehead atoms. The van der Waals surface area contributed by atoms with Crippen LogP contribution in [0.15, 0.2) is 42.5 Å². The normalized spacial score (nSPS) is 11.0. The van der Waals surface area contributed by atoms with Crippen molar-refractivity contribution in [3.05, 3.63) is 70.4 Å². The summed E-state index contributed by atoms with van der Waals surface area (Å²) >= 11 is 0. The SMILES string of the molecule is CCCCC(=O)c1[nH]c2cc(C)c(C(=O)O)cc2c1Cc1ccccc1. The topological polar surface area (TPSA) is 70.2 Å². The molecule has 0 amide bonds. The summed E-state index contributed by atoms with van der Waals surface area (Å²) in [4.78, 5) is 27.5. The van der Waals surface area contributed by atoms with Crippen molar-refractivity contribution in [1.82, 2.24) is 4.98 Å².